The summed E-state index contributed by atoms with van der Waals surface area (Å²) >= 11 is 0. The van der Waals surface area contributed by atoms with Crippen LogP contribution in [-0.4, -0.2) is 37.3 Å². The molecule has 0 atom stereocenters. The highest BCUT2D eigenvalue weighted by Gasteiger charge is 2.14. The number of esters is 3. The lowest BCUT2D eigenvalue weighted by atomic mass is 10.1. The van der Waals surface area contributed by atoms with E-state index in [-0.39, 0.29) is 36.7 Å². The summed E-state index contributed by atoms with van der Waals surface area (Å²) in [6.45, 7) is 6.63. The predicted molar refractivity (Wildman–Crippen MR) is 136 cm³/mol. The SMILES string of the molecule is C=CC(=O)OCCOC(=O)Oc1ccc(C(=O)Oc2ccc(OC(=O)Cc3ccc(C)cc3)c(C)c2)cc1. The first-order valence-corrected chi connectivity index (χ1v) is 11.6. The van der Waals surface area contributed by atoms with Crippen molar-refractivity contribution in [3.8, 4) is 17.2 Å². The Morgan fingerprint density at radius 1 is 0.763 bits per heavy atom. The van der Waals surface area contributed by atoms with Crippen LogP contribution < -0.4 is 14.2 Å². The monoisotopic (exact) mass is 518 g/mol. The van der Waals surface area contributed by atoms with Crippen LogP contribution in [-0.2, 0) is 25.5 Å². The van der Waals surface area contributed by atoms with Crippen molar-refractivity contribution in [1.29, 1.82) is 0 Å². The molecule has 0 aliphatic heterocycles. The van der Waals surface area contributed by atoms with E-state index in [1.165, 1.54) is 30.3 Å². The highest BCUT2D eigenvalue weighted by Crippen LogP contribution is 2.25. The van der Waals surface area contributed by atoms with Gasteiger partial charge >= 0.3 is 24.1 Å². The summed E-state index contributed by atoms with van der Waals surface area (Å²) in [5.74, 6) is -0.882. The van der Waals surface area contributed by atoms with E-state index in [0.717, 1.165) is 17.2 Å². The lowest BCUT2D eigenvalue weighted by Crippen LogP contribution is -2.16. The molecular formula is C29H26O9. The number of ether oxygens (including phenoxy) is 5. The highest BCUT2D eigenvalue weighted by atomic mass is 16.7. The minimum atomic E-state index is -0.995. The molecule has 3 aromatic carbocycles. The third-order valence-corrected chi connectivity index (χ3v) is 5.06. The van der Waals surface area contributed by atoms with Gasteiger partial charge in [0.25, 0.3) is 0 Å². The molecule has 38 heavy (non-hydrogen) atoms. The molecule has 0 unspecified atom stereocenters. The van der Waals surface area contributed by atoms with Gasteiger partial charge in [0.15, 0.2) is 0 Å². The van der Waals surface area contributed by atoms with Crippen LogP contribution in [0, 0.1) is 13.8 Å². The lowest BCUT2D eigenvalue weighted by Gasteiger charge is -2.10. The molecule has 3 aromatic rings. The Morgan fingerprint density at radius 2 is 1.42 bits per heavy atom. The summed E-state index contributed by atoms with van der Waals surface area (Å²) in [7, 11) is 0. The van der Waals surface area contributed by atoms with E-state index < -0.39 is 24.1 Å². The molecule has 0 bridgehead atoms. The van der Waals surface area contributed by atoms with Gasteiger partial charge in [-0.05, 0) is 67.4 Å². The molecule has 0 aromatic heterocycles. The van der Waals surface area contributed by atoms with Crippen molar-refractivity contribution in [2.24, 2.45) is 0 Å². The summed E-state index contributed by atoms with van der Waals surface area (Å²) in [6.07, 6.45) is 0.135. The van der Waals surface area contributed by atoms with E-state index in [9.17, 15) is 19.2 Å². The Balaban J connectivity index is 1.49. The van der Waals surface area contributed by atoms with Crippen LogP contribution >= 0.6 is 0 Å². The van der Waals surface area contributed by atoms with Crippen molar-refractivity contribution in [1.82, 2.24) is 0 Å². The second-order valence-electron chi connectivity index (χ2n) is 8.05. The molecule has 0 aliphatic carbocycles. The fraction of sp³-hybridized carbons (Fsp3) is 0.172. The quantitative estimate of drug-likeness (QED) is 0.121. The van der Waals surface area contributed by atoms with E-state index in [1.54, 1.807) is 19.1 Å². The fourth-order valence-corrected chi connectivity index (χ4v) is 3.11. The zero-order valence-corrected chi connectivity index (χ0v) is 20.9. The fourth-order valence-electron chi connectivity index (χ4n) is 3.11. The molecule has 0 saturated heterocycles. The first kappa shape index (κ1) is 27.7. The van der Waals surface area contributed by atoms with Gasteiger partial charge in [-0.25, -0.2) is 14.4 Å². The van der Waals surface area contributed by atoms with Crippen LogP contribution in [0.3, 0.4) is 0 Å². The number of carbonyl (C=O) groups excluding carboxylic acids is 4. The van der Waals surface area contributed by atoms with E-state index in [1.807, 2.05) is 31.2 Å². The molecule has 0 amide bonds. The van der Waals surface area contributed by atoms with Crippen molar-refractivity contribution in [3.05, 3.63) is 102 Å². The normalized spacial score (nSPS) is 10.2. The minimum absolute atomic E-state index is 0.138. The van der Waals surface area contributed by atoms with Gasteiger partial charge in [-0.2, -0.15) is 0 Å². The van der Waals surface area contributed by atoms with E-state index in [4.69, 9.17) is 18.9 Å². The van der Waals surface area contributed by atoms with Gasteiger partial charge in [-0.1, -0.05) is 36.4 Å². The number of carbonyl (C=O) groups is 4. The van der Waals surface area contributed by atoms with Gasteiger partial charge in [0.1, 0.15) is 30.5 Å². The summed E-state index contributed by atoms with van der Waals surface area (Å²) in [5, 5.41) is 0. The second-order valence-corrected chi connectivity index (χ2v) is 8.05. The van der Waals surface area contributed by atoms with E-state index >= 15 is 0 Å². The molecule has 3 rings (SSSR count). The van der Waals surface area contributed by atoms with Crippen LogP contribution in [0.15, 0.2) is 79.4 Å². The minimum Gasteiger partial charge on any atom is -0.459 e. The number of rotatable bonds is 10. The van der Waals surface area contributed by atoms with Gasteiger partial charge < -0.3 is 23.7 Å². The zero-order chi connectivity index (χ0) is 27.5. The van der Waals surface area contributed by atoms with E-state index in [2.05, 4.69) is 11.3 Å². The van der Waals surface area contributed by atoms with Gasteiger partial charge in [-0.15, -0.1) is 0 Å². The number of hydrogen-bond donors (Lipinski definition) is 0. The van der Waals surface area contributed by atoms with Gasteiger partial charge in [0.05, 0.1) is 12.0 Å². The second kappa shape index (κ2) is 13.4. The Kier molecular flexibility index (Phi) is 9.76. The van der Waals surface area contributed by atoms with Gasteiger partial charge in [0.2, 0.25) is 0 Å². The smallest absolute Gasteiger partial charge is 0.459 e. The van der Waals surface area contributed by atoms with Gasteiger partial charge in [-0.3, -0.25) is 4.79 Å². The first-order chi connectivity index (χ1) is 18.2. The standard InChI is InChI=1S/C29H26O9/c1-4-26(30)34-15-16-35-29(33)37-23-11-9-22(10-12-23)28(32)36-24-13-14-25(20(3)17-24)38-27(31)18-21-7-5-19(2)6-8-21/h4-14,17H,1,15-16,18H2,2-3H3. The maximum absolute atomic E-state index is 12.5. The average molecular weight is 519 g/mol. The van der Waals surface area contributed by atoms with E-state index in [0.29, 0.717) is 11.3 Å². The molecule has 196 valence electrons. The lowest BCUT2D eigenvalue weighted by molar-refractivity contribution is -0.139. The van der Waals surface area contributed by atoms with Crippen molar-refractivity contribution >= 4 is 24.1 Å². The molecule has 0 spiro atoms. The van der Waals surface area contributed by atoms with Crippen LogP contribution in [0.2, 0.25) is 0 Å². The predicted octanol–water partition coefficient (Wildman–Crippen LogP) is 4.92. The molecule has 0 heterocycles. The number of aryl methyl sites for hydroxylation is 2. The summed E-state index contributed by atoms with van der Waals surface area (Å²) in [5.41, 5.74) is 2.79. The molecule has 0 fully saturated rings. The maximum Gasteiger partial charge on any atom is 0.513 e. The number of hydrogen-bond acceptors (Lipinski definition) is 9. The Labute approximate surface area is 219 Å². The van der Waals surface area contributed by atoms with Crippen LogP contribution in [0.1, 0.15) is 27.0 Å². The Hall–Kier alpha value is -4.92. The first-order valence-electron chi connectivity index (χ1n) is 11.6. The maximum atomic E-state index is 12.5. The summed E-state index contributed by atoms with van der Waals surface area (Å²) in [4.78, 5) is 47.4. The molecule has 9 heteroatoms. The Morgan fingerprint density at radius 3 is 2.08 bits per heavy atom. The van der Waals surface area contributed by atoms with Crippen LogP contribution in [0.25, 0.3) is 0 Å². The van der Waals surface area contributed by atoms with Crippen LogP contribution in [0.5, 0.6) is 17.2 Å². The van der Waals surface area contributed by atoms with Crippen molar-refractivity contribution in [2.75, 3.05) is 13.2 Å². The topological polar surface area (TPSA) is 114 Å². The van der Waals surface area contributed by atoms with Crippen LogP contribution in [0.4, 0.5) is 4.79 Å². The molecule has 0 aliphatic rings. The molecular weight excluding hydrogens is 492 g/mol. The summed E-state index contributed by atoms with van der Waals surface area (Å²) < 4.78 is 25.3. The molecule has 9 nitrogen and oxygen atoms in total. The van der Waals surface area contributed by atoms with Gasteiger partial charge in [0, 0.05) is 6.08 Å². The molecule has 0 radical (unpaired) electrons. The molecule has 0 N–H and O–H groups in total. The number of benzene rings is 3. The average Bonchev–Trinajstić information content (AvgIpc) is 2.89. The molecule has 0 saturated carbocycles. The Bertz CT molecular complexity index is 1310. The van der Waals surface area contributed by atoms with Crippen molar-refractivity contribution in [3.63, 3.8) is 0 Å². The summed E-state index contributed by atoms with van der Waals surface area (Å²) in [6, 6.07) is 17.9. The van der Waals surface area contributed by atoms with Crippen molar-refractivity contribution < 1.29 is 42.9 Å². The van der Waals surface area contributed by atoms with Crippen molar-refractivity contribution in [2.45, 2.75) is 20.3 Å². The zero-order valence-electron chi connectivity index (χ0n) is 20.9. The third kappa shape index (κ3) is 8.63. The largest absolute Gasteiger partial charge is 0.513 e. The highest BCUT2D eigenvalue weighted by molar-refractivity contribution is 5.91. The third-order valence-electron chi connectivity index (χ3n) is 5.06.